The van der Waals surface area contributed by atoms with Gasteiger partial charge in [0.25, 0.3) is 0 Å². The van der Waals surface area contributed by atoms with Crippen molar-refractivity contribution in [2.24, 2.45) is 5.92 Å². The van der Waals surface area contributed by atoms with Gasteiger partial charge in [-0.3, -0.25) is 4.79 Å². The molecule has 9 heteroatoms. The molecule has 1 aromatic carbocycles. The number of nitrogens with zero attached hydrogens (tertiary/aromatic N) is 5. The van der Waals surface area contributed by atoms with Crippen molar-refractivity contribution in [1.82, 2.24) is 20.4 Å². The maximum atomic E-state index is 12.4. The average molecular weight is 411 g/mol. The Morgan fingerprint density at radius 1 is 1.07 bits per heavy atom. The number of carbonyl (C=O) groups is 1. The topological polar surface area (TPSA) is 93.1 Å². The normalized spacial score (nSPS) is 14.6. The number of rotatable bonds is 5. The Bertz CT molecular complexity index is 965. The van der Waals surface area contributed by atoms with Crippen LogP contribution in [0.2, 0.25) is 0 Å². The van der Waals surface area contributed by atoms with E-state index in [4.69, 9.17) is 4.74 Å². The van der Waals surface area contributed by atoms with Gasteiger partial charge in [0.05, 0.1) is 12.8 Å². The Morgan fingerprint density at radius 3 is 2.41 bits per heavy atom. The predicted molar refractivity (Wildman–Crippen MR) is 112 cm³/mol. The molecule has 29 heavy (non-hydrogen) atoms. The number of hydrogen-bond donors (Lipinski definition) is 1. The van der Waals surface area contributed by atoms with Crippen molar-refractivity contribution < 1.29 is 9.53 Å². The molecule has 2 aromatic heterocycles. The van der Waals surface area contributed by atoms with Crippen LogP contribution in [-0.2, 0) is 4.79 Å². The third-order valence-electron chi connectivity index (χ3n) is 4.98. The number of piperidine rings is 1. The van der Waals surface area contributed by atoms with E-state index in [1.165, 1.54) is 11.3 Å². The number of hydrogen-bond acceptors (Lipinski definition) is 8. The van der Waals surface area contributed by atoms with Gasteiger partial charge in [0.2, 0.25) is 11.0 Å². The number of benzene rings is 1. The molecule has 3 heterocycles. The minimum atomic E-state index is -0.0259. The standard InChI is InChI=1S/C20H22N6O2S/c1-13-22-25-20(29-13)21-19(27)15-9-11-26(12-10-15)18-8-7-17(23-24-18)14-3-5-16(28-2)6-4-14/h3-8,15H,9-12H2,1-2H3,(H,21,25,27). The monoisotopic (exact) mass is 410 g/mol. The molecule has 0 atom stereocenters. The van der Waals surface area contributed by atoms with Crippen LogP contribution in [0.25, 0.3) is 11.3 Å². The van der Waals surface area contributed by atoms with Crippen molar-refractivity contribution in [2.45, 2.75) is 19.8 Å². The van der Waals surface area contributed by atoms with Crippen molar-refractivity contribution in [3.63, 3.8) is 0 Å². The lowest BCUT2D eigenvalue weighted by Gasteiger charge is -2.31. The molecule has 1 fully saturated rings. The third kappa shape index (κ3) is 4.51. The molecule has 0 spiro atoms. The van der Waals surface area contributed by atoms with E-state index >= 15 is 0 Å². The van der Waals surface area contributed by atoms with Crippen LogP contribution >= 0.6 is 11.3 Å². The minimum absolute atomic E-state index is 0.0155. The number of methoxy groups -OCH3 is 1. The molecule has 0 radical (unpaired) electrons. The smallest absolute Gasteiger partial charge is 0.229 e. The second-order valence-electron chi connectivity index (χ2n) is 6.88. The quantitative estimate of drug-likeness (QED) is 0.690. The zero-order valence-electron chi connectivity index (χ0n) is 16.3. The van der Waals surface area contributed by atoms with Crippen molar-refractivity contribution in [3.05, 3.63) is 41.4 Å². The van der Waals surface area contributed by atoms with E-state index in [-0.39, 0.29) is 11.8 Å². The second-order valence-corrected chi connectivity index (χ2v) is 8.06. The maximum Gasteiger partial charge on any atom is 0.229 e. The molecule has 1 N–H and O–H groups in total. The van der Waals surface area contributed by atoms with E-state index in [9.17, 15) is 4.79 Å². The Balaban J connectivity index is 1.34. The lowest BCUT2D eigenvalue weighted by Crippen LogP contribution is -2.38. The molecule has 0 aliphatic carbocycles. The van der Waals surface area contributed by atoms with Crippen LogP contribution < -0.4 is 15.0 Å². The number of nitrogens with one attached hydrogen (secondary N) is 1. The molecule has 0 saturated carbocycles. The molecular formula is C20H22N6O2S. The van der Waals surface area contributed by atoms with Crippen LogP contribution in [-0.4, -0.2) is 46.5 Å². The van der Waals surface area contributed by atoms with Crippen molar-refractivity contribution in [2.75, 3.05) is 30.4 Å². The van der Waals surface area contributed by atoms with Crippen molar-refractivity contribution >= 4 is 28.2 Å². The van der Waals surface area contributed by atoms with Gasteiger partial charge in [-0.25, -0.2) is 0 Å². The molecule has 3 aromatic rings. The van der Waals surface area contributed by atoms with Gasteiger partial charge >= 0.3 is 0 Å². The molecule has 1 amide bonds. The zero-order chi connectivity index (χ0) is 20.2. The van der Waals surface area contributed by atoms with Crippen molar-refractivity contribution in [1.29, 1.82) is 0 Å². The lowest BCUT2D eigenvalue weighted by molar-refractivity contribution is -0.120. The summed E-state index contributed by atoms with van der Waals surface area (Å²) in [6.07, 6.45) is 1.54. The summed E-state index contributed by atoms with van der Waals surface area (Å²) in [6.45, 7) is 3.40. The van der Waals surface area contributed by atoms with Gasteiger partial charge in [-0.2, -0.15) is 0 Å². The fourth-order valence-electron chi connectivity index (χ4n) is 3.33. The number of anilines is 2. The molecule has 1 saturated heterocycles. The molecule has 1 aliphatic heterocycles. The summed E-state index contributed by atoms with van der Waals surface area (Å²) in [5.74, 6) is 1.64. The fraction of sp³-hybridized carbons (Fsp3) is 0.350. The van der Waals surface area contributed by atoms with Crippen LogP contribution in [0.4, 0.5) is 10.9 Å². The van der Waals surface area contributed by atoms with Gasteiger partial charge in [0.1, 0.15) is 10.8 Å². The Labute approximate surface area is 172 Å². The number of amides is 1. The first-order chi connectivity index (χ1) is 14.1. The van der Waals surface area contributed by atoms with E-state index in [1.807, 2.05) is 43.3 Å². The number of ether oxygens (including phenoxy) is 1. The van der Waals surface area contributed by atoms with Gasteiger partial charge < -0.3 is 15.0 Å². The molecular weight excluding hydrogens is 388 g/mol. The summed E-state index contributed by atoms with van der Waals surface area (Å²) < 4.78 is 5.19. The average Bonchev–Trinajstić information content (AvgIpc) is 3.18. The molecule has 8 nitrogen and oxygen atoms in total. The summed E-state index contributed by atoms with van der Waals surface area (Å²) in [6, 6.07) is 11.7. The minimum Gasteiger partial charge on any atom is -0.497 e. The summed E-state index contributed by atoms with van der Waals surface area (Å²) in [7, 11) is 1.65. The van der Waals surface area contributed by atoms with E-state index in [0.717, 1.165) is 53.8 Å². The van der Waals surface area contributed by atoms with Gasteiger partial charge in [-0.1, -0.05) is 11.3 Å². The first-order valence-corrected chi connectivity index (χ1v) is 10.3. The van der Waals surface area contributed by atoms with Crippen LogP contribution in [0.3, 0.4) is 0 Å². The highest BCUT2D eigenvalue weighted by Gasteiger charge is 2.26. The zero-order valence-corrected chi connectivity index (χ0v) is 17.1. The Hall–Kier alpha value is -3.07. The largest absolute Gasteiger partial charge is 0.497 e. The van der Waals surface area contributed by atoms with Crippen LogP contribution in [0.5, 0.6) is 5.75 Å². The highest BCUT2D eigenvalue weighted by molar-refractivity contribution is 7.15. The second kappa shape index (κ2) is 8.52. The summed E-state index contributed by atoms with van der Waals surface area (Å²) in [5, 5.41) is 20.9. The highest BCUT2D eigenvalue weighted by Crippen LogP contribution is 2.25. The first-order valence-electron chi connectivity index (χ1n) is 9.46. The van der Waals surface area contributed by atoms with E-state index in [1.54, 1.807) is 7.11 Å². The molecule has 4 rings (SSSR count). The molecule has 150 valence electrons. The Morgan fingerprint density at radius 2 is 1.83 bits per heavy atom. The van der Waals surface area contributed by atoms with E-state index in [0.29, 0.717) is 5.13 Å². The van der Waals surface area contributed by atoms with Crippen molar-refractivity contribution in [3.8, 4) is 17.0 Å². The Kier molecular flexibility index (Phi) is 5.66. The van der Waals surface area contributed by atoms with Gasteiger partial charge in [0.15, 0.2) is 5.82 Å². The summed E-state index contributed by atoms with van der Waals surface area (Å²) >= 11 is 1.39. The summed E-state index contributed by atoms with van der Waals surface area (Å²) in [5.41, 5.74) is 1.81. The number of carbonyl (C=O) groups excluding carboxylic acids is 1. The lowest BCUT2D eigenvalue weighted by atomic mass is 9.96. The summed E-state index contributed by atoms with van der Waals surface area (Å²) in [4.78, 5) is 14.6. The fourth-order valence-corrected chi connectivity index (χ4v) is 3.93. The van der Waals surface area contributed by atoms with Gasteiger partial charge in [0, 0.05) is 24.6 Å². The maximum absolute atomic E-state index is 12.4. The van der Waals surface area contributed by atoms with Crippen LogP contribution in [0, 0.1) is 12.8 Å². The number of aromatic nitrogens is 4. The molecule has 0 bridgehead atoms. The van der Waals surface area contributed by atoms with Crippen LogP contribution in [0.1, 0.15) is 17.8 Å². The number of aryl methyl sites for hydroxylation is 1. The van der Waals surface area contributed by atoms with Gasteiger partial charge in [-0.15, -0.1) is 20.4 Å². The predicted octanol–water partition coefficient (Wildman–Crippen LogP) is 3.17. The SMILES string of the molecule is COc1ccc(-c2ccc(N3CCC(C(=O)Nc4nnc(C)s4)CC3)nn2)cc1. The third-order valence-corrected chi connectivity index (χ3v) is 5.74. The molecule has 0 unspecified atom stereocenters. The molecule has 1 aliphatic rings. The van der Waals surface area contributed by atoms with E-state index < -0.39 is 0 Å². The van der Waals surface area contributed by atoms with Gasteiger partial charge in [-0.05, 0) is 56.2 Å². The highest BCUT2D eigenvalue weighted by atomic mass is 32.1. The first kappa shape index (κ1) is 19.3. The van der Waals surface area contributed by atoms with E-state index in [2.05, 4.69) is 30.6 Å². The van der Waals surface area contributed by atoms with Crippen LogP contribution in [0.15, 0.2) is 36.4 Å².